The standard InChI is InChI=1S/C15H12FNO2/c1-9-5-11(8-17-7-9)14(18)13-6-10-3-2-4-12(16)15(10)19-13/h2-8,14,18H,1H3. The van der Waals surface area contributed by atoms with Crippen molar-refractivity contribution in [1.29, 1.82) is 0 Å². The molecule has 3 rings (SSSR count). The number of para-hydroxylation sites is 1. The van der Waals surface area contributed by atoms with Gasteiger partial charge in [-0.1, -0.05) is 12.1 Å². The molecule has 0 fully saturated rings. The van der Waals surface area contributed by atoms with Crippen molar-refractivity contribution in [2.45, 2.75) is 13.0 Å². The van der Waals surface area contributed by atoms with Crippen molar-refractivity contribution in [2.75, 3.05) is 0 Å². The number of pyridine rings is 1. The van der Waals surface area contributed by atoms with Gasteiger partial charge in [-0.25, -0.2) is 4.39 Å². The highest BCUT2D eigenvalue weighted by atomic mass is 19.1. The molecular formula is C15H12FNO2. The zero-order valence-electron chi connectivity index (χ0n) is 10.3. The number of benzene rings is 1. The van der Waals surface area contributed by atoms with Crippen molar-refractivity contribution >= 4 is 11.0 Å². The minimum Gasteiger partial charge on any atom is -0.455 e. The predicted molar refractivity (Wildman–Crippen MR) is 69.2 cm³/mol. The highest BCUT2D eigenvalue weighted by Gasteiger charge is 2.17. The highest BCUT2D eigenvalue weighted by molar-refractivity contribution is 5.78. The van der Waals surface area contributed by atoms with Crippen LogP contribution in [0.25, 0.3) is 11.0 Å². The molecule has 4 heteroatoms. The number of nitrogens with zero attached hydrogens (tertiary/aromatic N) is 1. The minimum atomic E-state index is -0.945. The summed E-state index contributed by atoms with van der Waals surface area (Å²) in [6.45, 7) is 1.89. The zero-order chi connectivity index (χ0) is 13.4. The molecule has 3 aromatic rings. The summed E-state index contributed by atoms with van der Waals surface area (Å²) in [5.74, 6) is -0.120. The average Bonchev–Trinajstić information content (AvgIpc) is 2.83. The van der Waals surface area contributed by atoms with Gasteiger partial charge in [0.15, 0.2) is 11.4 Å². The van der Waals surface area contributed by atoms with Crippen LogP contribution in [-0.2, 0) is 0 Å². The molecule has 1 atom stereocenters. The fourth-order valence-electron chi connectivity index (χ4n) is 2.07. The first kappa shape index (κ1) is 11.9. The van der Waals surface area contributed by atoms with Crippen molar-refractivity contribution in [3.8, 4) is 0 Å². The summed E-state index contributed by atoms with van der Waals surface area (Å²) < 4.78 is 18.9. The van der Waals surface area contributed by atoms with Crippen LogP contribution in [-0.4, -0.2) is 10.1 Å². The van der Waals surface area contributed by atoms with Crippen LogP contribution >= 0.6 is 0 Å². The van der Waals surface area contributed by atoms with Gasteiger partial charge in [0.2, 0.25) is 0 Å². The molecule has 0 spiro atoms. The maximum Gasteiger partial charge on any atom is 0.170 e. The maximum absolute atomic E-state index is 13.5. The van der Waals surface area contributed by atoms with Crippen LogP contribution in [0, 0.1) is 12.7 Å². The fourth-order valence-corrected chi connectivity index (χ4v) is 2.07. The topological polar surface area (TPSA) is 46.3 Å². The van der Waals surface area contributed by atoms with E-state index in [1.807, 2.05) is 13.0 Å². The predicted octanol–water partition coefficient (Wildman–Crippen LogP) is 3.36. The molecule has 1 N–H and O–H groups in total. The minimum absolute atomic E-state index is 0.164. The summed E-state index contributed by atoms with van der Waals surface area (Å²) in [5, 5.41) is 10.9. The molecule has 0 aliphatic rings. The Balaban J connectivity index is 2.06. The number of aryl methyl sites for hydroxylation is 1. The van der Waals surface area contributed by atoms with Gasteiger partial charge >= 0.3 is 0 Å². The van der Waals surface area contributed by atoms with Crippen LogP contribution in [0.3, 0.4) is 0 Å². The number of furan rings is 1. The Morgan fingerprint density at radius 1 is 1.26 bits per heavy atom. The highest BCUT2D eigenvalue weighted by Crippen LogP contribution is 2.29. The molecule has 1 aromatic carbocycles. The molecule has 3 nitrogen and oxygen atoms in total. The number of fused-ring (bicyclic) bond motifs is 1. The van der Waals surface area contributed by atoms with Crippen LogP contribution in [0.15, 0.2) is 47.1 Å². The lowest BCUT2D eigenvalue weighted by Gasteiger charge is -2.07. The third kappa shape index (κ3) is 2.11. The third-order valence-corrected chi connectivity index (χ3v) is 3.00. The molecule has 0 bridgehead atoms. The van der Waals surface area contributed by atoms with Gasteiger partial charge in [0.25, 0.3) is 0 Å². The molecule has 0 aliphatic heterocycles. The van der Waals surface area contributed by atoms with E-state index in [0.29, 0.717) is 16.7 Å². The molecule has 0 radical (unpaired) electrons. The summed E-state index contributed by atoms with van der Waals surface area (Å²) in [6.07, 6.45) is 2.33. The smallest absolute Gasteiger partial charge is 0.170 e. The van der Waals surface area contributed by atoms with Crippen molar-refractivity contribution in [2.24, 2.45) is 0 Å². The second-order valence-electron chi connectivity index (χ2n) is 4.51. The number of hydrogen-bond donors (Lipinski definition) is 1. The number of hydrogen-bond acceptors (Lipinski definition) is 3. The fraction of sp³-hybridized carbons (Fsp3) is 0.133. The summed E-state index contributed by atoms with van der Waals surface area (Å²) in [7, 11) is 0. The second kappa shape index (κ2) is 4.48. The molecule has 0 aliphatic carbocycles. The van der Waals surface area contributed by atoms with Crippen LogP contribution in [0.2, 0.25) is 0 Å². The Morgan fingerprint density at radius 3 is 2.84 bits per heavy atom. The summed E-state index contributed by atoms with van der Waals surface area (Å²) >= 11 is 0. The van der Waals surface area contributed by atoms with Crippen LogP contribution in [0.4, 0.5) is 4.39 Å². The van der Waals surface area contributed by atoms with Crippen molar-refractivity contribution in [1.82, 2.24) is 4.98 Å². The van der Waals surface area contributed by atoms with Gasteiger partial charge in [-0.15, -0.1) is 0 Å². The van der Waals surface area contributed by atoms with E-state index in [-0.39, 0.29) is 5.58 Å². The quantitative estimate of drug-likeness (QED) is 0.765. The summed E-state index contributed by atoms with van der Waals surface area (Å²) in [5.41, 5.74) is 1.73. The maximum atomic E-state index is 13.5. The number of rotatable bonds is 2. The molecule has 2 aromatic heterocycles. The van der Waals surface area contributed by atoms with Crippen LogP contribution < -0.4 is 0 Å². The van der Waals surface area contributed by atoms with Gasteiger partial charge in [0.05, 0.1) is 0 Å². The first-order chi connectivity index (χ1) is 9.15. The average molecular weight is 257 g/mol. The van der Waals surface area contributed by atoms with Crippen molar-refractivity contribution in [3.63, 3.8) is 0 Å². The SMILES string of the molecule is Cc1cncc(C(O)c2cc3cccc(F)c3o2)c1. The van der Waals surface area contributed by atoms with Gasteiger partial charge in [-0.05, 0) is 30.7 Å². The molecule has 0 saturated carbocycles. The monoisotopic (exact) mass is 257 g/mol. The van der Waals surface area contributed by atoms with E-state index in [1.165, 1.54) is 6.07 Å². The van der Waals surface area contributed by atoms with E-state index in [0.717, 1.165) is 5.56 Å². The van der Waals surface area contributed by atoms with Gasteiger partial charge < -0.3 is 9.52 Å². The Bertz CT molecular complexity index is 736. The third-order valence-electron chi connectivity index (χ3n) is 3.00. The Kier molecular flexibility index (Phi) is 2.80. The Hall–Kier alpha value is -2.20. The molecular weight excluding hydrogens is 245 g/mol. The normalized spacial score (nSPS) is 12.8. The lowest BCUT2D eigenvalue weighted by molar-refractivity contribution is 0.191. The van der Waals surface area contributed by atoms with E-state index in [2.05, 4.69) is 4.98 Å². The first-order valence-corrected chi connectivity index (χ1v) is 5.93. The molecule has 2 heterocycles. The second-order valence-corrected chi connectivity index (χ2v) is 4.51. The van der Waals surface area contributed by atoms with Gasteiger partial charge in [0.1, 0.15) is 11.9 Å². The van der Waals surface area contributed by atoms with E-state index in [4.69, 9.17) is 4.42 Å². The van der Waals surface area contributed by atoms with E-state index >= 15 is 0 Å². The Morgan fingerprint density at radius 2 is 2.11 bits per heavy atom. The molecule has 0 saturated heterocycles. The van der Waals surface area contributed by atoms with Crippen molar-refractivity contribution in [3.05, 3.63) is 65.4 Å². The van der Waals surface area contributed by atoms with Crippen LogP contribution in [0.1, 0.15) is 23.0 Å². The first-order valence-electron chi connectivity index (χ1n) is 5.93. The zero-order valence-corrected chi connectivity index (χ0v) is 10.3. The van der Waals surface area contributed by atoms with Crippen LogP contribution in [0.5, 0.6) is 0 Å². The Labute approximate surface area is 109 Å². The van der Waals surface area contributed by atoms with Gasteiger partial charge in [-0.3, -0.25) is 4.98 Å². The molecule has 19 heavy (non-hydrogen) atoms. The number of halogens is 1. The molecule has 0 amide bonds. The molecule has 96 valence electrons. The summed E-state index contributed by atoms with van der Waals surface area (Å²) in [4.78, 5) is 4.03. The van der Waals surface area contributed by atoms with E-state index in [1.54, 1.807) is 30.6 Å². The van der Waals surface area contributed by atoms with Crippen molar-refractivity contribution < 1.29 is 13.9 Å². The molecule has 1 unspecified atom stereocenters. The lowest BCUT2D eigenvalue weighted by Crippen LogP contribution is -1.99. The summed E-state index contributed by atoms with van der Waals surface area (Å²) in [6, 6.07) is 8.15. The number of aromatic nitrogens is 1. The number of aliphatic hydroxyl groups is 1. The van der Waals surface area contributed by atoms with E-state index in [9.17, 15) is 9.50 Å². The van der Waals surface area contributed by atoms with Gasteiger partial charge in [0, 0.05) is 23.3 Å². The lowest BCUT2D eigenvalue weighted by atomic mass is 10.1. The largest absolute Gasteiger partial charge is 0.455 e. The number of aliphatic hydroxyl groups excluding tert-OH is 1. The van der Waals surface area contributed by atoms with E-state index < -0.39 is 11.9 Å². The van der Waals surface area contributed by atoms with Gasteiger partial charge in [-0.2, -0.15) is 0 Å².